The van der Waals surface area contributed by atoms with E-state index in [9.17, 15) is 4.79 Å². The molecule has 0 aliphatic rings. The van der Waals surface area contributed by atoms with Crippen molar-refractivity contribution in [2.75, 3.05) is 5.73 Å². The van der Waals surface area contributed by atoms with Crippen LogP contribution in [0, 0.1) is 0 Å². The number of aliphatic carboxylic acids is 1. The summed E-state index contributed by atoms with van der Waals surface area (Å²) in [5, 5.41) is 8.63. The molecule has 74 valence electrons. The van der Waals surface area contributed by atoms with Gasteiger partial charge in [0.1, 0.15) is 0 Å². The summed E-state index contributed by atoms with van der Waals surface area (Å²) in [5.74, 6) is -0.879. The molecule has 0 aromatic carbocycles. The SMILES string of the molecule is Nc1cc(C=CCC(=O)O)cnc1Cl. The molecule has 0 saturated heterocycles. The van der Waals surface area contributed by atoms with Gasteiger partial charge in [0.2, 0.25) is 0 Å². The Balaban J connectivity index is 2.73. The minimum Gasteiger partial charge on any atom is -0.481 e. The van der Waals surface area contributed by atoms with Crippen LogP contribution in [0.1, 0.15) is 12.0 Å². The Morgan fingerprint density at radius 1 is 1.71 bits per heavy atom. The maximum atomic E-state index is 10.2. The van der Waals surface area contributed by atoms with Gasteiger partial charge in [-0.1, -0.05) is 23.8 Å². The summed E-state index contributed by atoms with van der Waals surface area (Å²) in [6.45, 7) is 0. The zero-order valence-corrected chi connectivity index (χ0v) is 8.03. The molecule has 0 amide bonds. The van der Waals surface area contributed by atoms with Gasteiger partial charge in [-0.3, -0.25) is 4.79 Å². The Kier molecular flexibility index (Phi) is 3.48. The van der Waals surface area contributed by atoms with E-state index in [0.717, 1.165) is 5.56 Å². The second-order valence-electron chi connectivity index (χ2n) is 2.65. The standard InChI is InChI=1S/C9H9ClN2O2/c10-9-7(11)4-6(5-12-9)2-1-3-8(13)14/h1-2,4-5H,3,11H2,(H,13,14). The molecule has 14 heavy (non-hydrogen) atoms. The minimum absolute atomic E-state index is 0.0253. The van der Waals surface area contributed by atoms with E-state index in [1.807, 2.05) is 0 Å². The van der Waals surface area contributed by atoms with Crippen molar-refractivity contribution in [2.45, 2.75) is 6.42 Å². The Labute approximate surface area is 86.0 Å². The third-order valence-corrected chi connectivity index (χ3v) is 1.81. The topological polar surface area (TPSA) is 76.2 Å². The van der Waals surface area contributed by atoms with Crippen LogP contribution in [0.2, 0.25) is 5.15 Å². The first kappa shape index (κ1) is 10.5. The number of hydrogen-bond acceptors (Lipinski definition) is 3. The van der Waals surface area contributed by atoms with Gasteiger partial charge in [0.05, 0.1) is 12.1 Å². The maximum absolute atomic E-state index is 10.2. The molecule has 1 rings (SSSR count). The van der Waals surface area contributed by atoms with Crippen LogP contribution in [0.15, 0.2) is 18.3 Å². The van der Waals surface area contributed by atoms with Crippen molar-refractivity contribution in [1.82, 2.24) is 4.98 Å². The molecule has 0 bridgehead atoms. The van der Waals surface area contributed by atoms with Gasteiger partial charge in [-0.15, -0.1) is 0 Å². The van der Waals surface area contributed by atoms with Gasteiger partial charge in [-0.05, 0) is 11.6 Å². The fourth-order valence-electron chi connectivity index (χ4n) is 0.869. The second kappa shape index (κ2) is 4.62. The molecule has 0 radical (unpaired) electrons. The largest absolute Gasteiger partial charge is 0.481 e. The van der Waals surface area contributed by atoms with E-state index in [2.05, 4.69) is 4.98 Å². The summed E-state index contributed by atoms with van der Waals surface area (Å²) < 4.78 is 0. The molecular formula is C9H9ClN2O2. The van der Waals surface area contributed by atoms with Crippen molar-refractivity contribution >= 4 is 29.3 Å². The number of carboxylic acid groups (broad SMARTS) is 1. The molecule has 5 heteroatoms. The first-order valence-electron chi connectivity index (χ1n) is 3.89. The third-order valence-electron chi connectivity index (χ3n) is 1.49. The summed E-state index contributed by atoms with van der Waals surface area (Å²) in [5.41, 5.74) is 6.62. The van der Waals surface area contributed by atoms with E-state index < -0.39 is 5.97 Å². The fraction of sp³-hybridized carbons (Fsp3) is 0.111. The van der Waals surface area contributed by atoms with Crippen LogP contribution in [0.5, 0.6) is 0 Å². The Morgan fingerprint density at radius 3 is 3.00 bits per heavy atom. The quantitative estimate of drug-likeness (QED) is 0.750. The van der Waals surface area contributed by atoms with E-state index in [4.69, 9.17) is 22.4 Å². The first-order valence-corrected chi connectivity index (χ1v) is 4.26. The van der Waals surface area contributed by atoms with Gasteiger partial charge in [-0.2, -0.15) is 0 Å². The van der Waals surface area contributed by atoms with Crippen molar-refractivity contribution in [3.05, 3.63) is 29.1 Å². The summed E-state index contributed by atoms with van der Waals surface area (Å²) in [4.78, 5) is 14.0. The average Bonchev–Trinajstić information content (AvgIpc) is 2.10. The Morgan fingerprint density at radius 2 is 2.43 bits per heavy atom. The molecular weight excluding hydrogens is 204 g/mol. The van der Waals surface area contributed by atoms with Crippen LogP contribution in [-0.4, -0.2) is 16.1 Å². The van der Waals surface area contributed by atoms with Gasteiger partial charge >= 0.3 is 5.97 Å². The van der Waals surface area contributed by atoms with Crippen molar-refractivity contribution < 1.29 is 9.90 Å². The molecule has 0 fully saturated rings. The van der Waals surface area contributed by atoms with Crippen LogP contribution < -0.4 is 5.73 Å². The number of aromatic nitrogens is 1. The van der Waals surface area contributed by atoms with Crippen LogP contribution in [0.25, 0.3) is 6.08 Å². The van der Waals surface area contributed by atoms with Crippen molar-refractivity contribution in [3.63, 3.8) is 0 Å². The van der Waals surface area contributed by atoms with E-state index in [0.29, 0.717) is 5.69 Å². The zero-order chi connectivity index (χ0) is 10.6. The fourth-order valence-corrected chi connectivity index (χ4v) is 0.972. The average molecular weight is 213 g/mol. The number of rotatable bonds is 3. The van der Waals surface area contributed by atoms with Crippen molar-refractivity contribution in [1.29, 1.82) is 0 Å². The number of carbonyl (C=O) groups is 1. The molecule has 0 aliphatic carbocycles. The van der Waals surface area contributed by atoms with E-state index in [1.165, 1.54) is 12.3 Å². The maximum Gasteiger partial charge on any atom is 0.307 e. The molecule has 1 aromatic heterocycles. The monoisotopic (exact) mass is 212 g/mol. The highest BCUT2D eigenvalue weighted by Crippen LogP contribution is 2.16. The zero-order valence-electron chi connectivity index (χ0n) is 7.27. The van der Waals surface area contributed by atoms with Gasteiger partial charge in [0.25, 0.3) is 0 Å². The van der Waals surface area contributed by atoms with Crippen molar-refractivity contribution in [3.8, 4) is 0 Å². The number of hydrogen-bond donors (Lipinski definition) is 2. The first-order chi connectivity index (χ1) is 6.59. The molecule has 0 atom stereocenters. The van der Waals surface area contributed by atoms with Crippen LogP contribution in [-0.2, 0) is 4.79 Å². The lowest BCUT2D eigenvalue weighted by Gasteiger charge is -1.97. The molecule has 0 saturated carbocycles. The van der Waals surface area contributed by atoms with Gasteiger partial charge in [0, 0.05) is 6.20 Å². The van der Waals surface area contributed by atoms with Crippen LogP contribution in [0.3, 0.4) is 0 Å². The van der Waals surface area contributed by atoms with E-state index in [-0.39, 0.29) is 11.6 Å². The molecule has 0 aliphatic heterocycles. The highest BCUT2D eigenvalue weighted by atomic mass is 35.5. The predicted molar refractivity (Wildman–Crippen MR) is 54.9 cm³/mol. The van der Waals surface area contributed by atoms with Crippen LogP contribution >= 0.6 is 11.6 Å². The van der Waals surface area contributed by atoms with Gasteiger partial charge in [-0.25, -0.2) is 4.98 Å². The van der Waals surface area contributed by atoms with Gasteiger partial charge < -0.3 is 10.8 Å². The molecule has 3 N–H and O–H groups in total. The molecule has 1 aromatic rings. The summed E-state index contributed by atoms with van der Waals surface area (Å²) in [7, 11) is 0. The summed E-state index contributed by atoms with van der Waals surface area (Å²) in [6, 6.07) is 1.63. The molecule has 1 heterocycles. The Hall–Kier alpha value is -1.55. The highest BCUT2D eigenvalue weighted by Gasteiger charge is 1.97. The summed E-state index contributed by atoms with van der Waals surface area (Å²) in [6.07, 6.45) is 4.65. The number of nitrogens with zero attached hydrogens (tertiary/aromatic N) is 1. The second-order valence-corrected chi connectivity index (χ2v) is 3.01. The predicted octanol–water partition coefficient (Wildman–Crippen LogP) is 1.81. The normalized spacial score (nSPS) is 10.6. The summed E-state index contributed by atoms with van der Waals surface area (Å²) >= 11 is 5.61. The van der Waals surface area contributed by atoms with Gasteiger partial charge in [0.15, 0.2) is 5.15 Å². The Bertz CT molecular complexity index is 377. The lowest BCUT2D eigenvalue weighted by Crippen LogP contribution is -1.91. The molecule has 4 nitrogen and oxygen atoms in total. The number of halogens is 1. The minimum atomic E-state index is -0.879. The van der Waals surface area contributed by atoms with Crippen LogP contribution in [0.4, 0.5) is 5.69 Å². The lowest BCUT2D eigenvalue weighted by molar-refractivity contribution is -0.135. The lowest BCUT2D eigenvalue weighted by atomic mass is 10.2. The number of anilines is 1. The van der Waals surface area contributed by atoms with E-state index >= 15 is 0 Å². The number of pyridine rings is 1. The highest BCUT2D eigenvalue weighted by molar-refractivity contribution is 6.31. The smallest absolute Gasteiger partial charge is 0.307 e. The number of carboxylic acids is 1. The van der Waals surface area contributed by atoms with Crippen molar-refractivity contribution in [2.24, 2.45) is 0 Å². The number of nitrogens with two attached hydrogens (primary N) is 1. The molecule has 0 spiro atoms. The van der Waals surface area contributed by atoms with E-state index in [1.54, 1.807) is 12.1 Å². The third kappa shape index (κ3) is 3.06. The number of nitrogen functional groups attached to an aromatic ring is 1. The molecule has 0 unspecified atom stereocenters.